The van der Waals surface area contributed by atoms with Crippen LogP contribution in [0.3, 0.4) is 0 Å². The van der Waals surface area contributed by atoms with Crippen molar-refractivity contribution in [2.24, 2.45) is 0 Å². The van der Waals surface area contributed by atoms with E-state index >= 15 is 0 Å². The van der Waals surface area contributed by atoms with Gasteiger partial charge in [0, 0.05) is 35.1 Å². The van der Waals surface area contributed by atoms with Crippen LogP contribution in [0.5, 0.6) is 0 Å². The molecule has 1 atom stereocenters. The molecule has 0 saturated heterocycles. The lowest BCUT2D eigenvalue weighted by Crippen LogP contribution is -2.04. The van der Waals surface area contributed by atoms with Crippen LogP contribution in [0.1, 0.15) is 17.2 Å². The molecule has 0 aliphatic carbocycles. The van der Waals surface area contributed by atoms with E-state index in [1.807, 2.05) is 24.3 Å². The van der Waals surface area contributed by atoms with Crippen LogP contribution in [0.15, 0.2) is 55.1 Å². The van der Waals surface area contributed by atoms with Gasteiger partial charge in [-0.05, 0) is 11.5 Å². The number of aliphatic hydroxyl groups excluding tert-OH is 1. The van der Waals surface area contributed by atoms with E-state index in [1.165, 1.54) is 12.3 Å². The minimum Gasteiger partial charge on any atom is -0.383 e. The predicted octanol–water partition coefficient (Wildman–Crippen LogP) is 2.85. The van der Waals surface area contributed by atoms with Crippen molar-refractivity contribution in [3.63, 3.8) is 0 Å². The topological polar surface area (TPSA) is 46.0 Å². The third kappa shape index (κ3) is 2.06. The molecule has 0 radical (unpaired) electrons. The van der Waals surface area contributed by atoms with Crippen LogP contribution in [0, 0.1) is 5.82 Å². The Morgan fingerprint density at radius 1 is 0.947 bits per heavy atom. The molecule has 4 heteroatoms. The van der Waals surface area contributed by atoms with Crippen molar-refractivity contribution in [1.29, 1.82) is 0 Å². The maximum absolute atomic E-state index is 13.7. The fourth-order valence-corrected chi connectivity index (χ4v) is 2.13. The molecule has 0 amide bonds. The summed E-state index contributed by atoms with van der Waals surface area (Å²) < 4.78 is 13.7. The monoisotopic (exact) mass is 254 g/mol. The molecular weight excluding hydrogens is 243 g/mol. The van der Waals surface area contributed by atoms with Gasteiger partial charge in [-0.3, -0.25) is 9.97 Å². The number of benzene rings is 1. The zero-order valence-electron chi connectivity index (χ0n) is 9.99. The molecule has 1 unspecified atom stereocenters. The standard InChI is InChI=1S/C15H11FN2O/c16-14-9-17-6-5-12(14)15(19)13-8-18-7-10-3-1-2-4-11(10)13/h1-9,15,19H. The molecular formula is C15H11FN2O. The molecule has 1 N–H and O–H groups in total. The molecule has 3 nitrogen and oxygen atoms in total. The van der Waals surface area contributed by atoms with E-state index in [0.29, 0.717) is 5.56 Å². The molecule has 0 aliphatic rings. The summed E-state index contributed by atoms with van der Waals surface area (Å²) in [6.07, 6.45) is 4.78. The Kier molecular flexibility index (Phi) is 2.93. The summed E-state index contributed by atoms with van der Waals surface area (Å²) in [4.78, 5) is 7.77. The quantitative estimate of drug-likeness (QED) is 0.764. The van der Waals surface area contributed by atoms with Gasteiger partial charge in [0.05, 0.1) is 6.20 Å². The molecule has 0 bridgehead atoms. The number of halogens is 1. The minimum atomic E-state index is -1.05. The predicted molar refractivity (Wildman–Crippen MR) is 70.0 cm³/mol. The molecule has 0 fully saturated rings. The van der Waals surface area contributed by atoms with Crippen molar-refractivity contribution in [3.05, 3.63) is 72.1 Å². The van der Waals surface area contributed by atoms with Crippen LogP contribution in [0.4, 0.5) is 4.39 Å². The normalized spacial score (nSPS) is 12.5. The number of aromatic nitrogens is 2. The van der Waals surface area contributed by atoms with Gasteiger partial charge < -0.3 is 5.11 Å². The summed E-state index contributed by atoms with van der Waals surface area (Å²) in [5.41, 5.74) is 0.788. The zero-order valence-corrected chi connectivity index (χ0v) is 9.99. The molecule has 3 aromatic rings. The van der Waals surface area contributed by atoms with Gasteiger partial charge in [-0.25, -0.2) is 4.39 Å². The van der Waals surface area contributed by atoms with Gasteiger partial charge in [-0.2, -0.15) is 0 Å². The first-order valence-corrected chi connectivity index (χ1v) is 5.87. The van der Waals surface area contributed by atoms with E-state index in [1.54, 1.807) is 12.4 Å². The summed E-state index contributed by atoms with van der Waals surface area (Å²) in [5, 5.41) is 12.1. The number of hydrogen-bond donors (Lipinski definition) is 1. The van der Waals surface area contributed by atoms with Gasteiger partial charge in [0.15, 0.2) is 0 Å². The SMILES string of the molecule is OC(c1ccncc1F)c1cncc2ccccc12. The van der Waals surface area contributed by atoms with E-state index in [9.17, 15) is 9.50 Å². The van der Waals surface area contributed by atoms with E-state index in [-0.39, 0.29) is 5.56 Å². The van der Waals surface area contributed by atoms with Crippen LogP contribution < -0.4 is 0 Å². The Hall–Kier alpha value is -2.33. The molecule has 2 heterocycles. The van der Waals surface area contributed by atoms with Crippen molar-refractivity contribution in [3.8, 4) is 0 Å². The molecule has 3 rings (SSSR count). The third-order valence-corrected chi connectivity index (χ3v) is 3.09. The second-order valence-corrected chi connectivity index (χ2v) is 4.25. The van der Waals surface area contributed by atoms with Crippen molar-refractivity contribution in [2.75, 3.05) is 0 Å². The number of pyridine rings is 2. The van der Waals surface area contributed by atoms with E-state index in [0.717, 1.165) is 17.0 Å². The molecule has 94 valence electrons. The van der Waals surface area contributed by atoms with Crippen LogP contribution in [0.2, 0.25) is 0 Å². The Balaban J connectivity index is 2.17. The summed E-state index contributed by atoms with van der Waals surface area (Å²) in [6, 6.07) is 9.03. The number of rotatable bonds is 2. The van der Waals surface area contributed by atoms with E-state index < -0.39 is 11.9 Å². The molecule has 19 heavy (non-hydrogen) atoms. The van der Waals surface area contributed by atoms with Gasteiger partial charge >= 0.3 is 0 Å². The second kappa shape index (κ2) is 4.74. The molecule has 0 aliphatic heterocycles. The van der Waals surface area contributed by atoms with Gasteiger partial charge in [0.1, 0.15) is 11.9 Å². The van der Waals surface area contributed by atoms with Crippen molar-refractivity contribution >= 4 is 10.8 Å². The van der Waals surface area contributed by atoms with Crippen LogP contribution in [0.25, 0.3) is 10.8 Å². The smallest absolute Gasteiger partial charge is 0.147 e. The average molecular weight is 254 g/mol. The number of fused-ring (bicyclic) bond motifs is 1. The molecule has 0 saturated carbocycles. The van der Waals surface area contributed by atoms with Gasteiger partial charge in [0.2, 0.25) is 0 Å². The summed E-state index contributed by atoms with van der Waals surface area (Å²) in [6.45, 7) is 0. The highest BCUT2D eigenvalue weighted by Gasteiger charge is 2.17. The minimum absolute atomic E-state index is 0.202. The summed E-state index contributed by atoms with van der Waals surface area (Å²) >= 11 is 0. The molecule has 1 aromatic carbocycles. The largest absolute Gasteiger partial charge is 0.383 e. The maximum Gasteiger partial charge on any atom is 0.147 e. The first-order valence-electron chi connectivity index (χ1n) is 5.87. The lowest BCUT2D eigenvalue weighted by Gasteiger charge is -2.14. The van der Waals surface area contributed by atoms with Gasteiger partial charge in [-0.1, -0.05) is 24.3 Å². The number of hydrogen-bond acceptors (Lipinski definition) is 3. The zero-order chi connectivity index (χ0) is 13.2. The van der Waals surface area contributed by atoms with E-state index in [4.69, 9.17) is 0 Å². The highest BCUT2D eigenvalue weighted by Crippen LogP contribution is 2.28. The molecule has 0 spiro atoms. The summed E-state index contributed by atoms with van der Waals surface area (Å²) in [5.74, 6) is -0.525. The van der Waals surface area contributed by atoms with Crippen LogP contribution in [-0.4, -0.2) is 15.1 Å². The lowest BCUT2D eigenvalue weighted by atomic mass is 9.98. The maximum atomic E-state index is 13.7. The molecule has 2 aromatic heterocycles. The number of aliphatic hydroxyl groups is 1. The van der Waals surface area contributed by atoms with Crippen LogP contribution >= 0.6 is 0 Å². The first-order chi connectivity index (χ1) is 9.27. The lowest BCUT2D eigenvalue weighted by molar-refractivity contribution is 0.216. The summed E-state index contributed by atoms with van der Waals surface area (Å²) in [7, 11) is 0. The number of nitrogens with zero attached hydrogens (tertiary/aromatic N) is 2. The fourth-order valence-electron chi connectivity index (χ4n) is 2.13. The van der Waals surface area contributed by atoms with Crippen LogP contribution in [-0.2, 0) is 0 Å². The second-order valence-electron chi connectivity index (χ2n) is 4.25. The highest BCUT2D eigenvalue weighted by molar-refractivity contribution is 5.85. The van der Waals surface area contributed by atoms with E-state index in [2.05, 4.69) is 9.97 Å². The Bertz CT molecular complexity index is 725. The highest BCUT2D eigenvalue weighted by atomic mass is 19.1. The van der Waals surface area contributed by atoms with Gasteiger partial charge in [-0.15, -0.1) is 0 Å². The van der Waals surface area contributed by atoms with Crippen molar-refractivity contribution in [1.82, 2.24) is 9.97 Å². The first kappa shape index (κ1) is 11.7. The van der Waals surface area contributed by atoms with Crippen molar-refractivity contribution in [2.45, 2.75) is 6.10 Å². The Morgan fingerprint density at radius 3 is 2.63 bits per heavy atom. The van der Waals surface area contributed by atoms with Gasteiger partial charge in [0.25, 0.3) is 0 Å². The Labute approximate surface area is 109 Å². The average Bonchev–Trinajstić information content (AvgIpc) is 2.46. The fraction of sp³-hybridized carbons (Fsp3) is 0.0667. The third-order valence-electron chi connectivity index (χ3n) is 3.09. The van der Waals surface area contributed by atoms with Crippen molar-refractivity contribution < 1.29 is 9.50 Å². The Morgan fingerprint density at radius 2 is 1.79 bits per heavy atom.